The lowest BCUT2D eigenvalue weighted by atomic mass is 9.86. The Hall–Kier alpha value is -1.54. The molecule has 0 aliphatic heterocycles. The Morgan fingerprint density at radius 2 is 1.78 bits per heavy atom. The van der Waals surface area contributed by atoms with E-state index in [-0.39, 0.29) is 0 Å². The summed E-state index contributed by atoms with van der Waals surface area (Å²) in [7, 11) is 0. The van der Waals surface area contributed by atoms with E-state index in [1.54, 1.807) is 12.5 Å². The first-order chi connectivity index (χ1) is 8.40. The largest absolute Gasteiger partial charge is 0.472 e. The summed E-state index contributed by atoms with van der Waals surface area (Å²) in [6.07, 6.45) is 3.81. The summed E-state index contributed by atoms with van der Waals surface area (Å²) < 4.78 is 5.06. The quantitative estimate of drug-likeness (QED) is 0.894. The number of hydrogen-bond donors (Lipinski definition) is 1. The van der Waals surface area contributed by atoms with Crippen molar-refractivity contribution in [2.75, 3.05) is 0 Å². The maximum Gasteiger partial charge on any atom is 0.0963 e. The van der Waals surface area contributed by atoms with Crippen molar-refractivity contribution < 1.29 is 9.52 Å². The smallest absolute Gasteiger partial charge is 0.0963 e. The molecule has 0 aliphatic rings. The summed E-state index contributed by atoms with van der Waals surface area (Å²) in [5, 5.41) is 10.6. The molecule has 1 atom stereocenters. The number of benzene rings is 1. The van der Waals surface area contributed by atoms with E-state index in [1.165, 1.54) is 22.3 Å². The maximum atomic E-state index is 10.6. The van der Waals surface area contributed by atoms with Crippen LogP contribution in [0.2, 0.25) is 0 Å². The Labute approximate surface area is 108 Å². The number of aryl methyl sites for hydroxylation is 3. The van der Waals surface area contributed by atoms with Crippen molar-refractivity contribution >= 4 is 0 Å². The minimum absolute atomic E-state index is 0.602. The van der Waals surface area contributed by atoms with Gasteiger partial charge in [-0.1, -0.05) is 17.7 Å². The van der Waals surface area contributed by atoms with Crippen molar-refractivity contribution in [1.29, 1.82) is 0 Å². The van der Waals surface area contributed by atoms with Crippen LogP contribution in [0.3, 0.4) is 0 Å². The number of furan rings is 1. The van der Waals surface area contributed by atoms with Gasteiger partial charge in [0.2, 0.25) is 0 Å². The van der Waals surface area contributed by atoms with E-state index in [0.29, 0.717) is 6.42 Å². The van der Waals surface area contributed by atoms with Gasteiger partial charge in [-0.25, -0.2) is 0 Å². The molecule has 96 valence electrons. The zero-order chi connectivity index (χ0) is 13.3. The van der Waals surface area contributed by atoms with Crippen LogP contribution in [0.5, 0.6) is 0 Å². The van der Waals surface area contributed by atoms with E-state index in [4.69, 9.17) is 4.42 Å². The van der Waals surface area contributed by atoms with Crippen LogP contribution in [0.15, 0.2) is 35.1 Å². The number of aliphatic hydroxyl groups is 1. The van der Waals surface area contributed by atoms with Gasteiger partial charge in [0.1, 0.15) is 0 Å². The third-order valence-corrected chi connectivity index (χ3v) is 3.50. The lowest BCUT2D eigenvalue weighted by molar-refractivity contribution is 0.0566. The molecular formula is C16H20O2. The van der Waals surface area contributed by atoms with Gasteiger partial charge < -0.3 is 9.52 Å². The average molecular weight is 244 g/mol. The molecule has 0 amide bonds. The van der Waals surface area contributed by atoms with Crippen molar-refractivity contribution in [3.05, 3.63) is 58.5 Å². The molecule has 2 rings (SSSR count). The predicted octanol–water partition coefficient (Wildman–Crippen LogP) is 3.66. The lowest BCUT2D eigenvalue weighted by Gasteiger charge is -2.24. The molecule has 1 aromatic carbocycles. The first kappa shape index (κ1) is 12.9. The zero-order valence-corrected chi connectivity index (χ0v) is 11.4. The van der Waals surface area contributed by atoms with Crippen LogP contribution in [0.4, 0.5) is 0 Å². The molecule has 0 bridgehead atoms. The van der Waals surface area contributed by atoms with Crippen LogP contribution in [-0.2, 0) is 12.0 Å². The van der Waals surface area contributed by atoms with E-state index >= 15 is 0 Å². The van der Waals surface area contributed by atoms with Crippen LogP contribution in [-0.4, -0.2) is 5.11 Å². The SMILES string of the molecule is Cc1cc(C)c(CC(C)(O)c2ccoc2)c(C)c1. The van der Waals surface area contributed by atoms with Crippen molar-refractivity contribution in [1.82, 2.24) is 0 Å². The van der Waals surface area contributed by atoms with Gasteiger partial charge in [0.25, 0.3) is 0 Å². The molecule has 0 radical (unpaired) electrons. The Morgan fingerprint density at radius 3 is 2.28 bits per heavy atom. The summed E-state index contributed by atoms with van der Waals surface area (Å²) >= 11 is 0. The van der Waals surface area contributed by atoms with Crippen LogP contribution < -0.4 is 0 Å². The molecule has 1 aromatic heterocycles. The molecule has 2 heteroatoms. The zero-order valence-electron chi connectivity index (χ0n) is 11.4. The molecular weight excluding hydrogens is 224 g/mol. The van der Waals surface area contributed by atoms with Gasteiger partial charge in [-0.2, -0.15) is 0 Å². The third-order valence-electron chi connectivity index (χ3n) is 3.50. The van der Waals surface area contributed by atoms with Crippen molar-refractivity contribution in [3.63, 3.8) is 0 Å². The highest BCUT2D eigenvalue weighted by Gasteiger charge is 2.26. The second-order valence-electron chi connectivity index (χ2n) is 5.34. The maximum absolute atomic E-state index is 10.6. The summed E-state index contributed by atoms with van der Waals surface area (Å²) in [5.74, 6) is 0. The first-order valence-corrected chi connectivity index (χ1v) is 6.22. The highest BCUT2D eigenvalue weighted by atomic mass is 16.3. The van der Waals surface area contributed by atoms with Gasteiger partial charge in [-0.15, -0.1) is 0 Å². The summed E-state index contributed by atoms with van der Waals surface area (Å²) in [6.45, 7) is 8.12. The second-order valence-corrected chi connectivity index (χ2v) is 5.34. The molecule has 1 heterocycles. The highest BCUT2D eigenvalue weighted by molar-refractivity contribution is 5.39. The Balaban J connectivity index is 2.35. The minimum Gasteiger partial charge on any atom is -0.472 e. The van der Waals surface area contributed by atoms with Crippen molar-refractivity contribution in [2.24, 2.45) is 0 Å². The number of rotatable bonds is 3. The van der Waals surface area contributed by atoms with Gasteiger partial charge in [-0.05, 0) is 50.5 Å². The predicted molar refractivity (Wildman–Crippen MR) is 72.6 cm³/mol. The van der Waals surface area contributed by atoms with Crippen LogP contribution in [0.25, 0.3) is 0 Å². The second kappa shape index (κ2) is 4.62. The van der Waals surface area contributed by atoms with Crippen molar-refractivity contribution in [3.8, 4) is 0 Å². The molecule has 0 spiro atoms. The molecule has 0 aliphatic carbocycles. The van der Waals surface area contributed by atoms with Gasteiger partial charge in [-0.3, -0.25) is 0 Å². The van der Waals surface area contributed by atoms with Gasteiger partial charge in [0.15, 0.2) is 0 Å². The molecule has 2 nitrogen and oxygen atoms in total. The molecule has 0 saturated carbocycles. The summed E-state index contributed by atoms with van der Waals surface area (Å²) in [4.78, 5) is 0. The fourth-order valence-corrected chi connectivity index (χ4v) is 2.51. The average Bonchev–Trinajstić information content (AvgIpc) is 2.77. The normalized spacial score (nSPS) is 14.5. The monoisotopic (exact) mass is 244 g/mol. The molecule has 2 aromatic rings. The van der Waals surface area contributed by atoms with Crippen LogP contribution in [0, 0.1) is 20.8 Å². The first-order valence-electron chi connectivity index (χ1n) is 6.22. The minimum atomic E-state index is -0.891. The summed E-state index contributed by atoms with van der Waals surface area (Å²) in [5.41, 5.74) is 4.87. The number of hydrogen-bond acceptors (Lipinski definition) is 2. The van der Waals surface area contributed by atoms with Crippen molar-refractivity contribution in [2.45, 2.75) is 39.7 Å². The Morgan fingerprint density at radius 1 is 1.17 bits per heavy atom. The lowest BCUT2D eigenvalue weighted by Crippen LogP contribution is -2.24. The fourth-order valence-electron chi connectivity index (χ4n) is 2.51. The van der Waals surface area contributed by atoms with Gasteiger partial charge >= 0.3 is 0 Å². The van der Waals surface area contributed by atoms with Gasteiger partial charge in [0.05, 0.1) is 18.1 Å². The van der Waals surface area contributed by atoms with E-state index in [2.05, 4.69) is 32.9 Å². The fraction of sp³-hybridized carbons (Fsp3) is 0.375. The molecule has 0 fully saturated rings. The Kier molecular flexibility index (Phi) is 3.31. The molecule has 0 saturated heterocycles. The molecule has 1 unspecified atom stereocenters. The van der Waals surface area contributed by atoms with E-state index in [0.717, 1.165) is 5.56 Å². The standard InChI is InChI=1S/C16H20O2/c1-11-7-12(2)15(13(3)8-11)9-16(4,17)14-5-6-18-10-14/h5-8,10,17H,9H2,1-4H3. The topological polar surface area (TPSA) is 33.4 Å². The summed E-state index contributed by atoms with van der Waals surface area (Å²) in [6, 6.07) is 6.14. The van der Waals surface area contributed by atoms with Gasteiger partial charge in [0, 0.05) is 12.0 Å². The molecule has 1 N–H and O–H groups in total. The highest BCUT2D eigenvalue weighted by Crippen LogP contribution is 2.29. The van der Waals surface area contributed by atoms with E-state index in [9.17, 15) is 5.11 Å². The van der Waals surface area contributed by atoms with E-state index in [1.807, 2.05) is 13.0 Å². The third kappa shape index (κ3) is 2.49. The van der Waals surface area contributed by atoms with Crippen LogP contribution >= 0.6 is 0 Å². The molecule has 18 heavy (non-hydrogen) atoms. The van der Waals surface area contributed by atoms with Crippen LogP contribution in [0.1, 0.15) is 34.7 Å². The van der Waals surface area contributed by atoms with E-state index < -0.39 is 5.60 Å². The Bertz CT molecular complexity index is 513.